The van der Waals surface area contributed by atoms with Crippen LogP contribution in [0.2, 0.25) is 0 Å². The number of aryl methyl sites for hydroxylation is 2. The van der Waals surface area contributed by atoms with Gasteiger partial charge in [0.15, 0.2) is 5.05 Å². The summed E-state index contributed by atoms with van der Waals surface area (Å²) in [4.78, 5) is 0. The van der Waals surface area contributed by atoms with Crippen molar-refractivity contribution in [3.8, 4) is 11.5 Å². The van der Waals surface area contributed by atoms with Crippen molar-refractivity contribution in [1.29, 1.82) is 0 Å². The molecule has 3 heteroatoms. The number of hydrogen-bond acceptors (Lipinski definition) is 3. The Labute approximate surface area is 143 Å². The molecule has 0 aliphatic heterocycles. The summed E-state index contributed by atoms with van der Waals surface area (Å²) in [5.41, 5.74) is 4.86. The van der Waals surface area contributed by atoms with Crippen LogP contribution in [0.3, 0.4) is 0 Å². The zero-order valence-electron chi connectivity index (χ0n) is 13.9. The van der Waals surface area contributed by atoms with Crippen LogP contribution in [0.1, 0.15) is 47.9 Å². The molecule has 0 atom stereocenters. The fourth-order valence-electron chi connectivity index (χ4n) is 2.88. The average Bonchev–Trinajstić information content (AvgIpc) is 3.31. The first-order valence-electron chi connectivity index (χ1n) is 8.05. The minimum Gasteiger partial charge on any atom is -0.488 e. The highest BCUT2D eigenvalue weighted by molar-refractivity contribution is 7.80. The smallest absolute Gasteiger partial charge is 0.164 e. The minimum atomic E-state index is 0.508. The van der Waals surface area contributed by atoms with Crippen molar-refractivity contribution in [3.63, 3.8) is 0 Å². The van der Waals surface area contributed by atoms with E-state index >= 15 is 0 Å². The van der Waals surface area contributed by atoms with Gasteiger partial charge < -0.3 is 9.47 Å². The molecule has 0 aromatic heterocycles. The number of rotatable bonds is 5. The van der Waals surface area contributed by atoms with E-state index in [1.165, 1.54) is 24.0 Å². The van der Waals surface area contributed by atoms with Crippen LogP contribution >= 0.6 is 12.2 Å². The van der Waals surface area contributed by atoms with Crippen LogP contribution in [0.4, 0.5) is 0 Å². The third kappa shape index (κ3) is 3.91. The van der Waals surface area contributed by atoms with Gasteiger partial charge in [-0.3, -0.25) is 0 Å². The highest BCUT2D eigenvalue weighted by atomic mass is 32.1. The molecule has 1 fully saturated rings. The molecule has 3 rings (SSSR count). The predicted molar refractivity (Wildman–Crippen MR) is 97.6 cm³/mol. The topological polar surface area (TPSA) is 18.5 Å². The summed E-state index contributed by atoms with van der Waals surface area (Å²) < 4.78 is 11.8. The molecule has 120 valence electrons. The highest BCUT2D eigenvalue weighted by Gasteiger charge is 2.27. The lowest BCUT2D eigenvalue weighted by atomic mass is 10.0. The Morgan fingerprint density at radius 3 is 2.57 bits per heavy atom. The first kappa shape index (κ1) is 16.0. The maximum atomic E-state index is 6.10. The van der Waals surface area contributed by atoms with Crippen molar-refractivity contribution in [2.24, 2.45) is 0 Å². The number of ether oxygens (including phenoxy) is 2. The first-order valence-corrected chi connectivity index (χ1v) is 8.45. The van der Waals surface area contributed by atoms with Gasteiger partial charge in [-0.2, -0.15) is 0 Å². The quantitative estimate of drug-likeness (QED) is 0.677. The van der Waals surface area contributed by atoms with Crippen LogP contribution in [0.25, 0.3) is 0 Å². The van der Waals surface area contributed by atoms with Gasteiger partial charge in [-0.1, -0.05) is 29.8 Å². The Balaban J connectivity index is 1.86. The molecule has 0 amide bonds. The van der Waals surface area contributed by atoms with Crippen LogP contribution in [-0.4, -0.2) is 5.05 Å². The molecule has 1 aliphatic carbocycles. The lowest BCUT2D eigenvalue weighted by Crippen LogP contribution is -2.07. The zero-order valence-corrected chi connectivity index (χ0v) is 14.7. The molecule has 2 aromatic carbocycles. The van der Waals surface area contributed by atoms with Gasteiger partial charge in [-0.05, 0) is 68.1 Å². The lowest BCUT2D eigenvalue weighted by molar-refractivity contribution is 0.298. The first-order chi connectivity index (χ1) is 11.0. The molecule has 2 nitrogen and oxygen atoms in total. The van der Waals surface area contributed by atoms with Gasteiger partial charge in [0.1, 0.15) is 18.1 Å². The summed E-state index contributed by atoms with van der Waals surface area (Å²) in [5, 5.41) is 0.533. The molecule has 0 spiro atoms. The Morgan fingerprint density at radius 2 is 1.91 bits per heavy atom. The third-order valence-electron chi connectivity index (χ3n) is 4.14. The Hall–Kier alpha value is -1.87. The van der Waals surface area contributed by atoms with Gasteiger partial charge in [0.05, 0.1) is 0 Å². The molecule has 23 heavy (non-hydrogen) atoms. The van der Waals surface area contributed by atoms with Crippen molar-refractivity contribution in [1.82, 2.24) is 0 Å². The molecule has 1 saturated carbocycles. The van der Waals surface area contributed by atoms with Crippen molar-refractivity contribution in [2.75, 3.05) is 0 Å². The van der Waals surface area contributed by atoms with Crippen LogP contribution < -0.4 is 9.47 Å². The van der Waals surface area contributed by atoms with Gasteiger partial charge in [0.2, 0.25) is 0 Å². The molecule has 0 unspecified atom stereocenters. The zero-order chi connectivity index (χ0) is 16.4. The maximum absolute atomic E-state index is 6.10. The van der Waals surface area contributed by atoms with E-state index in [9.17, 15) is 0 Å². The summed E-state index contributed by atoms with van der Waals surface area (Å²) in [6.07, 6.45) is 2.49. The summed E-state index contributed by atoms with van der Waals surface area (Å²) in [6.45, 7) is 6.48. The lowest BCUT2D eigenvalue weighted by Gasteiger charge is -2.16. The van der Waals surface area contributed by atoms with Gasteiger partial charge in [0, 0.05) is 12.5 Å². The van der Waals surface area contributed by atoms with Crippen LogP contribution in [0, 0.1) is 13.8 Å². The number of thiocarbonyl (C=S) groups is 1. The van der Waals surface area contributed by atoms with E-state index in [-0.39, 0.29) is 0 Å². The maximum Gasteiger partial charge on any atom is 0.164 e. The fourth-order valence-corrected chi connectivity index (χ4v) is 2.97. The summed E-state index contributed by atoms with van der Waals surface area (Å²) in [7, 11) is 0. The van der Waals surface area contributed by atoms with Crippen LogP contribution in [0.15, 0.2) is 36.4 Å². The normalized spacial score (nSPS) is 13.7. The van der Waals surface area contributed by atoms with E-state index < -0.39 is 0 Å². The van der Waals surface area contributed by atoms with E-state index in [4.69, 9.17) is 21.7 Å². The van der Waals surface area contributed by atoms with Gasteiger partial charge in [-0.25, -0.2) is 0 Å². The van der Waals surface area contributed by atoms with Crippen molar-refractivity contribution in [2.45, 2.75) is 46.1 Å². The minimum absolute atomic E-state index is 0.508. The molecule has 0 bridgehead atoms. The average molecular weight is 326 g/mol. The Morgan fingerprint density at radius 1 is 1.13 bits per heavy atom. The summed E-state index contributed by atoms with van der Waals surface area (Å²) in [5.74, 6) is 2.39. The van der Waals surface area contributed by atoms with Gasteiger partial charge in [-0.15, -0.1) is 0 Å². The summed E-state index contributed by atoms with van der Waals surface area (Å²) in [6, 6.07) is 12.5. The third-order valence-corrected chi connectivity index (χ3v) is 4.23. The summed E-state index contributed by atoms with van der Waals surface area (Å²) >= 11 is 5.11. The Bertz CT molecular complexity index is 732. The van der Waals surface area contributed by atoms with Crippen molar-refractivity contribution >= 4 is 17.3 Å². The molecule has 0 radical (unpaired) electrons. The molecule has 2 aromatic rings. The second kappa shape index (κ2) is 6.71. The molecular formula is C20H22O2S. The van der Waals surface area contributed by atoms with Crippen molar-refractivity contribution < 1.29 is 9.47 Å². The van der Waals surface area contributed by atoms with Gasteiger partial charge >= 0.3 is 0 Å². The predicted octanol–water partition coefficient (Wildman–Crippen LogP) is 5.49. The van der Waals surface area contributed by atoms with E-state index in [2.05, 4.69) is 32.0 Å². The molecule has 1 aliphatic rings. The van der Waals surface area contributed by atoms with Gasteiger partial charge in [0.25, 0.3) is 0 Å². The van der Waals surface area contributed by atoms with E-state index in [0.29, 0.717) is 17.6 Å². The highest BCUT2D eigenvalue weighted by Crippen LogP contribution is 2.44. The number of benzene rings is 2. The van der Waals surface area contributed by atoms with Crippen LogP contribution in [-0.2, 0) is 6.61 Å². The fraction of sp³-hybridized carbons (Fsp3) is 0.350. The molecule has 0 N–H and O–H groups in total. The van der Waals surface area contributed by atoms with Crippen molar-refractivity contribution in [3.05, 3.63) is 58.7 Å². The molecule has 0 saturated heterocycles. The standard InChI is InChI=1S/C20H22O2S/c1-13-7-10-19(14(2)11-13)21-12-18-17(16-8-9-16)5-4-6-20(18)22-15(3)23/h4-7,10-11,16H,8-9,12H2,1-3H3. The Kier molecular flexibility index (Phi) is 4.67. The second-order valence-electron chi connectivity index (χ2n) is 6.25. The van der Waals surface area contributed by atoms with Crippen LogP contribution in [0.5, 0.6) is 11.5 Å². The monoisotopic (exact) mass is 326 g/mol. The largest absolute Gasteiger partial charge is 0.488 e. The second-order valence-corrected chi connectivity index (χ2v) is 6.82. The molecular weight excluding hydrogens is 304 g/mol. The SMILES string of the molecule is CC(=S)Oc1cccc(C2CC2)c1COc1ccc(C)cc1C. The number of hydrogen-bond donors (Lipinski definition) is 0. The van der Waals surface area contributed by atoms with E-state index in [1.54, 1.807) is 6.92 Å². The van der Waals surface area contributed by atoms with E-state index in [0.717, 1.165) is 22.6 Å². The van der Waals surface area contributed by atoms with E-state index in [1.807, 2.05) is 18.2 Å². The molecule has 0 heterocycles.